The Kier molecular flexibility index (Phi) is 7.61. The van der Waals surface area contributed by atoms with E-state index in [0.29, 0.717) is 46.2 Å². The fourth-order valence-corrected chi connectivity index (χ4v) is 6.35. The van der Waals surface area contributed by atoms with Crippen LogP contribution < -0.4 is 20.5 Å². The van der Waals surface area contributed by atoms with Crippen molar-refractivity contribution in [3.63, 3.8) is 0 Å². The number of primary amides is 1. The molecule has 0 saturated heterocycles. The summed E-state index contributed by atoms with van der Waals surface area (Å²) in [6.07, 6.45) is 2.28. The third-order valence-electron chi connectivity index (χ3n) is 9.13. The molecule has 10 nitrogen and oxygen atoms in total. The van der Waals surface area contributed by atoms with Gasteiger partial charge in [0.15, 0.2) is 0 Å². The Bertz CT molecular complexity index is 2120. The molecular formula is C35H30Cl2FN5O5. The number of hydrogen-bond acceptors (Lipinski definition) is 7. The summed E-state index contributed by atoms with van der Waals surface area (Å²) in [6.45, 7) is 1.25. The second-order valence-corrected chi connectivity index (χ2v) is 13.1. The zero-order valence-corrected chi connectivity index (χ0v) is 27.4. The van der Waals surface area contributed by atoms with E-state index >= 15 is 0 Å². The summed E-state index contributed by atoms with van der Waals surface area (Å²) in [6, 6.07) is 18.4. The number of nitrogens with one attached hydrogen (secondary N) is 1. The first-order valence-corrected chi connectivity index (χ1v) is 15.9. The molecule has 1 saturated carbocycles. The zero-order chi connectivity index (χ0) is 34.0. The molecule has 5 aromatic rings. The maximum atomic E-state index is 14.8. The maximum Gasteiger partial charge on any atom is 0.251 e. The van der Waals surface area contributed by atoms with Gasteiger partial charge < -0.3 is 25.6 Å². The molecule has 2 amide bonds. The van der Waals surface area contributed by atoms with Crippen molar-refractivity contribution in [3.8, 4) is 22.8 Å². The largest absolute Gasteiger partial charge is 0.494 e. The summed E-state index contributed by atoms with van der Waals surface area (Å²) in [5.41, 5.74) is 4.88. The van der Waals surface area contributed by atoms with Gasteiger partial charge in [-0.3, -0.25) is 9.59 Å². The number of benzene rings is 3. The van der Waals surface area contributed by atoms with Gasteiger partial charge in [0.05, 0.1) is 29.4 Å². The summed E-state index contributed by atoms with van der Waals surface area (Å²) in [7, 11) is 1.44. The molecule has 1 fully saturated rings. The Hall–Kier alpha value is -4.71. The van der Waals surface area contributed by atoms with Crippen molar-refractivity contribution in [1.29, 1.82) is 0 Å². The van der Waals surface area contributed by atoms with Crippen LogP contribution in [-0.4, -0.2) is 51.9 Å². The van der Waals surface area contributed by atoms with E-state index in [-0.39, 0.29) is 45.9 Å². The van der Waals surface area contributed by atoms with Crippen molar-refractivity contribution in [2.24, 2.45) is 5.73 Å². The molecule has 3 aromatic carbocycles. The van der Waals surface area contributed by atoms with Gasteiger partial charge in [-0.2, -0.15) is 5.10 Å². The zero-order valence-electron chi connectivity index (χ0n) is 25.9. The van der Waals surface area contributed by atoms with Gasteiger partial charge in [-0.1, -0.05) is 65.7 Å². The van der Waals surface area contributed by atoms with E-state index in [1.807, 2.05) is 0 Å². The molecule has 0 unspecified atom stereocenters. The van der Waals surface area contributed by atoms with E-state index in [1.54, 1.807) is 73.8 Å². The molecule has 2 atom stereocenters. The minimum Gasteiger partial charge on any atom is -0.494 e. The van der Waals surface area contributed by atoms with Crippen LogP contribution in [0.15, 0.2) is 72.9 Å². The van der Waals surface area contributed by atoms with Gasteiger partial charge in [-0.25, -0.2) is 14.1 Å². The molecule has 0 radical (unpaired) electrons. The Morgan fingerprint density at radius 2 is 1.90 bits per heavy atom. The van der Waals surface area contributed by atoms with Crippen LogP contribution in [-0.2, 0) is 21.6 Å². The molecule has 0 bridgehead atoms. The summed E-state index contributed by atoms with van der Waals surface area (Å²) in [5, 5.41) is 20.8. The van der Waals surface area contributed by atoms with Gasteiger partial charge in [0.2, 0.25) is 11.7 Å². The number of aliphatic hydroxyl groups is 1. The number of alkyl halides is 1. The molecule has 0 spiro atoms. The number of aromatic nitrogens is 3. The Morgan fingerprint density at radius 1 is 1.15 bits per heavy atom. The maximum absolute atomic E-state index is 14.8. The third kappa shape index (κ3) is 5.13. The highest BCUT2D eigenvalue weighted by Crippen LogP contribution is 2.48. The minimum absolute atomic E-state index is 0.0566. The molecule has 4 N–H and O–H groups in total. The highest BCUT2D eigenvalue weighted by atomic mass is 35.5. The predicted octanol–water partition coefficient (Wildman–Crippen LogP) is 5.63. The number of hydrogen-bond donors (Lipinski definition) is 3. The lowest BCUT2D eigenvalue weighted by molar-refractivity contribution is -0.123. The van der Waals surface area contributed by atoms with Gasteiger partial charge in [-0.05, 0) is 36.8 Å². The highest BCUT2D eigenvalue weighted by molar-refractivity contribution is 6.43. The Balaban J connectivity index is 1.32. The lowest BCUT2D eigenvalue weighted by Gasteiger charge is -2.30. The number of pyridine rings is 1. The van der Waals surface area contributed by atoms with E-state index in [9.17, 15) is 19.1 Å². The first kappa shape index (κ1) is 31.9. The van der Waals surface area contributed by atoms with Crippen molar-refractivity contribution in [3.05, 3.63) is 105 Å². The molecule has 48 heavy (non-hydrogen) atoms. The van der Waals surface area contributed by atoms with Gasteiger partial charge in [0.25, 0.3) is 5.91 Å². The Labute approximate surface area is 284 Å². The number of nitrogens with zero attached hydrogens (tertiary/aromatic N) is 3. The van der Waals surface area contributed by atoms with Crippen molar-refractivity contribution < 1.29 is 28.6 Å². The average molecular weight is 691 g/mol. The fraction of sp³-hybridized carbons (Fsp3) is 0.257. The molecule has 3 heterocycles. The SMILES string of the molecule is COc1cc(C(=O)NC[C@@](O)(c2ccccc2)c2cc3c(c(-c4cccc(Cl)c4Cl)n2)OC[C@]3(C)C(N)=O)cc2cn(C3(F)CC3)nc12. The number of carbonyl (C=O) groups excluding carboxylic acids is 2. The summed E-state index contributed by atoms with van der Waals surface area (Å²) < 4.78 is 27.6. The summed E-state index contributed by atoms with van der Waals surface area (Å²) >= 11 is 13.0. The van der Waals surface area contributed by atoms with Gasteiger partial charge in [0.1, 0.15) is 40.3 Å². The smallest absolute Gasteiger partial charge is 0.251 e. The number of methoxy groups -OCH3 is 1. The van der Waals surface area contributed by atoms with Crippen LogP contribution in [0.1, 0.15) is 46.9 Å². The van der Waals surface area contributed by atoms with E-state index < -0.39 is 28.6 Å². The van der Waals surface area contributed by atoms with Crippen molar-refractivity contribution in [2.45, 2.75) is 36.6 Å². The lowest BCUT2D eigenvalue weighted by atomic mass is 9.80. The van der Waals surface area contributed by atoms with Crippen LogP contribution in [0, 0.1) is 0 Å². The number of halogens is 3. The second-order valence-electron chi connectivity index (χ2n) is 12.3. The molecule has 1 aliphatic heterocycles. The van der Waals surface area contributed by atoms with Crippen molar-refractivity contribution >= 4 is 45.9 Å². The monoisotopic (exact) mass is 689 g/mol. The highest BCUT2D eigenvalue weighted by Gasteiger charge is 2.47. The minimum atomic E-state index is -1.93. The number of ether oxygens (including phenoxy) is 2. The first-order chi connectivity index (χ1) is 22.9. The molecule has 1 aliphatic carbocycles. The molecule has 246 valence electrons. The summed E-state index contributed by atoms with van der Waals surface area (Å²) in [5.74, 6) is -2.13. The molecule has 2 aromatic heterocycles. The van der Waals surface area contributed by atoms with Crippen LogP contribution in [0.4, 0.5) is 4.39 Å². The Morgan fingerprint density at radius 3 is 2.58 bits per heavy atom. The quantitative estimate of drug-likeness (QED) is 0.182. The van der Waals surface area contributed by atoms with E-state index in [2.05, 4.69) is 10.4 Å². The van der Waals surface area contributed by atoms with Crippen molar-refractivity contribution in [1.82, 2.24) is 20.1 Å². The fourth-order valence-electron chi connectivity index (χ4n) is 5.96. The third-order valence-corrected chi connectivity index (χ3v) is 9.95. The van der Waals surface area contributed by atoms with E-state index in [4.69, 9.17) is 43.4 Å². The van der Waals surface area contributed by atoms with Crippen LogP contribution >= 0.6 is 23.2 Å². The average Bonchev–Trinajstić information content (AvgIpc) is 3.52. The van der Waals surface area contributed by atoms with Crippen LogP contribution in [0.2, 0.25) is 10.0 Å². The molecule has 7 rings (SSSR count). The molecule has 13 heteroatoms. The van der Waals surface area contributed by atoms with Gasteiger partial charge in [-0.15, -0.1) is 0 Å². The van der Waals surface area contributed by atoms with Gasteiger partial charge in [0, 0.05) is 41.1 Å². The molecular weight excluding hydrogens is 660 g/mol. The first-order valence-electron chi connectivity index (χ1n) is 15.1. The van der Waals surface area contributed by atoms with Crippen LogP contribution in [0.5, 0.6) is 11.5 Å². The normalized spacial score (nSPS) is 18.9. The number of nitrogens with two attached hydrogens (primary N) is 1. The standard InChI is InChI=1S/C35H30Cl2FN5O5/c1-33(32(39)45)18-48-30-23(33)15-26(41-29(30)22-9-6-10-24(36)27(22)37)35(46,21-7-4-3-5-8-21)17-40-31(44)19-13-20-16-43(34(38)11-12-34)42-28(20)25(14-19)47-2/h3-10,13-16,46H,11-12,17-18H2,1-2H3,(H2,39,45)(H,40,44)/t33-,35+/m0/s1. The van der Waals surface area contributed by atoms with Crippen molar-refractivity contribution in [2.75, 3.05) is 20.3 Å². The number of fused-ring (bicyclic) bond motifs is 2. The number of rotatable bonds is 9. The number of amides is 2. The lowest BCUT2D eigenvalue weighted by Crippen LogP contribution is -2.43. The van der Waals surface area contributed by atoms with Gasteiger partial charge >= 0.3 is 0 Å². The van der Waals surface area contributed by atoms with E-state index in [1.165, 1.54) is 17.9 Å². The number of carbonyl (C=O) groups is 2. The van der Waals surface area contributed by atoms with Crippen LogP contribution in [0.25, 0.3) is 22.2 Å². The summed E-state index contributed by atoms with van der Waals surface area (Å²) in [4.78, 5) is 31.4. The van der Waals surface area contributed by atoms with E-state index in [0.717, 1.165) is 0 Å². The van der Waals surface area contributed by atoms with Crippen LogP contribution in [0.3, 0.4) is 0 Å². The predicted molar refractivity (Wildman–Crippen MR) is 178 cm³/mol. The topological polar surface area (TPSA) is 142 Å². The molecule has 2 aliphatic rings. The second kappa shape index (κ2) is 11.5.